The summed E-state index contributed by atoms with van der Waals surface area (Å²) in [6.07, 6.45) is 2.12. The lowest BCUT2D eigenvalue weighted by molar-refractivity contribution is -0.0281. The first kappa shape index (κ1) is 26.6. The number of esters is 1. The topological polar surface area (TPSA) is 131 Å². The second-order valence-electron chi connectivity index (χ2n) is 11.7. The molecule has 1 aromatic heterocycles. The van der Waals surface area contributed by atoms with E-state index in [0.717, 1.165) is 24.0 Å². The minimum Gasteiger partial charge on any atom is -0.457 e. The number of amides is 2. The highest BCUT2D eigenvalue weighted by Crippen LogP contribution is 2.34. The van der Waals surface area contributed by atoms with Crippen LogP contribution in [0.1, 0.15) is 42.6 Å². The average Bonchev–Trinajstić information content (AvgIpc) is 3.47. The molecule has 42 heavy (non-hydrogen) atoms. The van der Waals surface area contributed by atoms with Crippen molar-refractivity contribution in [3.8, 4) is 11.4 Å². The summed E-state index contributed by atoms with van der Waals surface area (Å²) in [6.45, 7) is 7.70. The number of aromatic nitrogens is 3. The van der Waals surface area contributed by atoms with Crippen molar-refractivity contribution in [1.82, 2.24) is 15.0 Å². The number of ether oxygens (including phenoxy) is 3. The summed E-state index contributed by atoms with van der Waals surface area (Å²) in [5, 5.41) is 5.66. The molecular weight excluding hydrogens is 538 g/mol. The molecule has 12 heteroatoms. The van der Waals surface area contributed by atoms with Gasteiger partial charge in [-0.1, -0.05) is 0 Å². The maximum Gasteiger partial charge on any atom is 0.338 e. The molecule has 0 radical (unpaired) electrons. The zero-order chi connectivity index (χ0) is 28.8. The van der Waals surface area contributed by atoms with Gasteiger partial charge in [-0.3, -0.25) is 0 Å². The summed E-state index contributed by atoms with van der Waals surface area (Å²) < 4.78 is 16.8. The van der Waals surface area contributed by atoms with Gasteiger partial charge >= 0.3 is 12.0 Å². The van der Waals surface area contributed by atoms with E-state index < -0.39 is 6.03 Å². The third kappa shape index (κ3) is 5.23. The number of hydrogen-bond donors (Lipinski definition) is 2. The molecule has 5 heterocycles. The van der Waals surface area contributed by atoms with Gasteiger partial charge in [-0.05, 0) is 69.2 Å². The van der Waals surface area contributed by atoms with E-state index in [2.05, 4.69) is 34.3 Å². The molecule has 2 bridgehead atoms. The van der Waals surface area contributed by atoms with Crippen molar-refractivity contribution in [3.63, 3.8) is 0 Å². The number of carbonyl (C=O) groups is 2. The van der Waals surface area contributed by atoms with Crippen molar-refractivity contribution < 1.29 is 23.8 Å². The van der Waals surface area contributed by atoms with Gasteiger partial charge in [-0.15, -0.1) is 0 Å². The fourth-order valence-corrected chi connectivity index (χ4v) is 6.09. The number of fused-ring (bicyclic) bond motifs is 3. The van der Waals surface area contributed by atoms with Gasteiger partial charge in [-0.2, -0.15) is 15.0 Å². The largest absolute Gasteiger partial charge is 0.457 e. The lowest BCUT2D eigenvalue weighted by Gasteiger charge is -2.39. The molecule has 12 nitrogen and oxygen atoms in total. The predicted molar refractivity (Wildman–Crippen MR) is 156 cm³/mol. The van der Waals surface area contributed by atoms with E-state index in [4.69, 9.17) is 29.2 Å². The zero-order valence-corrected chi connectivity index (χ0v) is 23.6. The molecule has 4 aliphatic rings. The minimum absolute atomic E-state index is 0.212. The van der Waals surface area contributed by atoms with Gasteiger partial charge in [0, 0.05) is 35.6 Å². The normalized spacial score (nSPS) is 22.5. The van der Waals surface area contributed by atoms with Gasteiger partial charge in [0.25, 0.3) is 0 Å². The van der Waals surface area contributed by atoms with Crippen LogP contribution >= 0.6 is 0 Å². The number of rotatable bonds is 5. The van der Waals surface area contributed by atoms with Crippen LogP contribution in [0.15, 0.2) is 42.5 Å². The van der Waals surface area contributed by atoms with E-state index in [0.29, 0.717) is 67.6 Å². The first-order valence-electron chi connectivity index (χ1n) is 14.3. The van der Waals surface area contributed by atoms with Gasteiger partial charge in [0.05, 0.1) is 43.1 Å². The first-order chi connectivity index (χ1) is 20.3. The Morgan fingerprint density at radius 3 is 2.43 bits per heavy atom. The summed E-state index contributed by atoms with van der Waals surface area (Å²) in [7, 11) is 0. The van der Waals surface area contributed by atoms with Crippen LogP contribution in [0.5, 0.6) is 0 Å². The number of cyclic esters (lactones) is 1. The molecule has 4 aliphatic heterocycles. The molecule has 2 N–H and O–H groups in total. The smallest absolute Gasteiger partial charge is 0.338 e. The minimum atomic E-state index is -0.393. The molecule has 2 atom stereocenters. The zero-order valence-electron chi connectivity index (χ0n) is 23.6. The first-order valence-corrected chi connectivity index (χ1v) is 14.3. The summed E-state index contributed by atoms with van der Waals surface area (Å²) in [5.74, 6) is 1.55. The molecule has 2 unspecified atom stereocenters. The molecule has 218 valence electrons. The van der Waals surface area contributed by atoms with E-state index in [9.17, 15) is 9.59 Å². The van der Waals surface area contributed by atoms with Crippen LogP contribution in [0.25, 0.3) is 11.4 Å². The number of benzene rings is 2. The number of urea groups is 1. The van der Waals surface area contributed by atoms with Crippen LogP contribution in [0, 0.1) is 0 Å². The number of carbonyl (C=O) groups excluding carboxylic acids is 2. The highest BCUT2D eigenvalue weighted by Gasteiger charge is 2.40. The Hall–Kier alpha value is -4.29. The molecule has 3 fully saturated rings. The van der Waals surface area contributed by atoms with Gasteiger partial charge in [-0.25, -0.2) is 9.59 Å². The van der Waals surface area contributed by atoms with E-state index >= 15 is 0 Å². The third-order valence-corrected chi connectivity index (χ3v) is 8.13. The molecule has 0 aliphatic carbocycles. The van der Waals surface area contributed by atoms with Crippen molar-refractivity contribution in [2.75, 3.05) is 53.3 Å². The average molecular weight is 572 g/mol. The summed E-state index contributed by atoms with van der Waals surface area (Å²) in [5.41, 5.74) is 3.00. The standard InChI is InChI=1S/C30H33N7O5/c1-30(2)17-36(11-12-42-30)27-33-25(34-28(35-27)37-22-8-9-23(37)16-40-15-22)18-3-5-20(6-4-18)31-29(39)32-21-7-10-24-19(13-21)14-41-26(24)38/h3-7,10,13,22-23H,8-9,11-12,14-17H2,1-2H3,(H2,31,32,39). The van der Waals surface area contributed by atoms with Crippen LogP contribution in [0.4, 0.5) is 28.1 Å². The monoisotopic (exact) mass is 571 g/mol. The predicted octanol–water partition coefficient (Wildman–Crippen LogP) is 3.84. The molecule has 0 saturated carbocycles. The Morgan fingerprint density at radius 2 is 1.67 bits per heavy atom. The quantitative estimate of drug-likeness (QED) is 0.436. The Balaban J connectivity index is 1.12. The van der Waals surface area contributed by atoms with E-state index in [-0.39, 0.29) is 30.3 Å². The molecular formula is C30H33N7O5. The lowest BCUT2D eigenvalue weighted by Crippen LogP contribution is -2.50. The van der Waals surface area contributed by atoms with Gasteiger partial charge < -0.3 is 34.6 Å². The Kier molecular flexibility index (Phi) is 6.66. The molecule has 2 aromatic carbocycles. The Labute approximate surface area is 243 Å². The number of morpholine rings is 2. The molecule has 3 aromatic rings. The fourth-order valence-electron chi connectivity index (χ4n) is 6.09. The van der Waals surface area contributed by atoms with Crippen LogP contribution in [-0.4, -0.2) is 77.5 Å². The van der Waals surface area contributed by atoms with Crippen molar-refractivity contribution in [1.29, 1.82) is 0 Å². The highest BCUT2D eigenvalue weighted by molar-refractivity contribution is 6.01. The van der Waals surface area contributed by atoms with E-state index in [1.54, 1.807) is 18.2 Å². The molecule has 3 saturated heterocycles. The van der Waals surface area contributed by atoms with Crippen LogP contribution < -0.4 is 20.4 Å². The molecule has 2 amide bonds. The summed E-state index contributed by atoms with van der Waals surface area (Å²) in [6, 6.07) is 12.7. The third-order valence-electron chi connectivity index (χ3n) is 8.13. The number of nitrogens with zero attached hydrogens (tertiary/aromatic N) is 5. The van der Waals surface area contributed by atoms with E-state index in [1.807, 2.05) is 24.3 Å². The van der Waals surface area contributed by atoms with Crippen molar-refractivity contribution >= 4 is 35.3 Å². The number of nitrogens with one attached hydrogen (secondary N) is 2. The van der Waals surface area contributed by atoms with Gasteiger partial charge in [0.1, 0.15) is 6.61 Å². The maximum absolute atomic E-state index is 12.7. The highest BCUT2D eigenvalue weighted by atomic mass is 16.5. The van der Waals surface area contributed by atoms with Gasteiger partial charge in [0.2, 0.25) is 11.9 Å². The number of anilines is 4. The van der Waals surface area contributed by atoms with Crippen molar-refractivity contribution in [2.45, 2.75) is 51.0 Å². The van der Waals surface area contributed by atoms with Crippen LogP contribution in [0.3, 0.4) is 0 Å². The lowest BCUT2D eigenvalue weighted by atomic mass is 10.1. The van der Waals surface area contributed by atoms with Crippen molar-refractivity contribution in [3.05, 3.63) is 53.6 Å². The molecule has 7 rings (SSSR count). The summed E-state index contributed by atoms with van der Waals surface area (Å²) in [4.78, 5) is 43.6. The maximum atomic E-state index is 12.7. The van der Waals surface area contributed by atoms with E-state index in [1.165, 1.54) is 0 Å². The SMILES string of the molecule is CC1(C)CN(c2nc(-c3ccc(NC(=O)Nc4ccc5c(c4)COC5=O)cc3)nc(N3C4CCC3COC4)n2)CCO1. The van der Waals surface area contributed by atoms with Crippen LogP contribution in [0.2, 0.25) is 0 Å². The Bertz CT molecular complexity index is 1510. The van der Waals surface area contributed by atoms with Crippen LogP contribution in [-0.2, 0) is 20.8 Å². The van der Waals surface area contributed by atoms with Gasteiger partial charge in [0.15, 0.2) is 5.82 Å². The second-order valence-corrected chi connectivity index (χ2v) is 11.7. The Morgan fingerprint density at radius 1 is 0.952 bits per heavy atom. The number of hydrogen-bond acceptors (Lipinski definition) is 10. The summed E-state index contributed by atoms with van der Waals surface area (Å²) >= 11 is 0. The van der Waals surface area contributed by atoms with Crippen molar-refractivity contribution in [2.24, 2.45) is 0 Å². The molecule has 0 spiro atoms. The fraction of sp³-hybridized carbons (Fsp3) is 0.433. The second kappa shape index (κ2) is 10.5.